The van der Waals surface area contributed by atoms with Crippen LogP contribution in [0.15, 0.2) is 70.3 Å². The second-order valence-corrected chi connectivity index (χ2v) is 26.0. The number of phenols is 1. The molecule has 314 valence electrons. The number of fused-ring (bicyclic) bond motifs is 2. The highest BCUT2D eigenvalue weighted by atomic mass is 32.2. The van der Waals surface area contributed by atoms with Gasteiger partial charge in [-0.1, -0.05) is 62.0 Å². The van der Waals surface area contributed by atoms with Crippen LogP contribution in [-0.2, 0) is 43.7 Å². The first-order chi connectivity index (χ1) is 28.1. The Kier molecular flexibility index (Phi) is 12.1. The molecule has 2 aliphatic heterocycles. The molecule has 2 aromatic carbocycles. The maximum Gasteiger partial charge on any atom is 0.349 e. The average molecular weight is 873 g/mol. The molecule has 8 rings (SSSR count). The minimum atomic E-state index is -2.13. The summed E-state index contributed by atoms with van der Waals surface area (Å²) in [6, 6.07) is 17.5. The number of nitrogens with zero attached hydrogens (tertiary/aromatic N) is 4. The summed E-state index contributed by atoms with van der Waals surface area (Å²) in [7, 11) is -2.13. The molecule has 1 saturated heterocycles. The van der Waals surface area contributed by atoms with E-state index in [9.17, 15) is 19.8 Å². The zero-order valence-electron chi connectivity index (χ0n) is 34.7. The second-order valence-electron chi connectivity index (χ2n) is 18.3. The van der Waals surface area contributed by atoms with Crippen LogP contribution in [0.2, 0.25) is 18.1 Å². The van der Waals surface area contributed by atoms with E-state index in [1.54, 1.807) is 18.2 Å². The monoisotopic (exact) mass is 872 g/mol. The zero-order valence-corrected chi connectivity index (χ0v) is 38.2. The summed E-state index contributed by atoms with van der Waals surface area (Å²) in [5.74, 6) is -0.378. The number of thioether (sulfide) groups is 1. The Balaban J connectivity index is 0.806. The van der Waals surface area contributed by atoms with Gasteiger partial charge in [0, 0.05) is 23.4 Å². The van der Waals surface area contributed by atoms with Gasteiger partial charge < -0.3 is 24.3 Å². The van der Waals surface area contributed by atoms with Gasteiger partial charge in [0.15, 0.2) is 13.4 Å². The average Bonchev–Trinajstić information content (AvgIpc) is 4.02. The highest BCUT2D eigenvalue weighted by Crippen LogP contribution is 2.51. The summed E-state index contributed by atoms with van der Waals surface area (Å²) in [5, 5.41) is 35.0. The first-order valence-corrected chi connectivity index (χ1v) is 26.4. The predicted octanol–water partition coefficient (Wildman–Crippen LogP) is 9.63. The third-order valence-electron chi connectivity index (χ3n) is 13.3. The maximum absolute atomic E-state index is 13.4. The van der Waals surface area contributed by atoms with E-state index in [0.29, 0.717) is 9.75 Å². The Labute approximate surface area is 360 Å². The van der Waals surface area contributed by atoms with Crippen LogP contribution in [0.5, 0.6) is 5.75 Å². The summed E-state index contributed by atoms with van der Waals surface area (Å²) in [4.78, 5) is 30.5. The highest BCUT2D eigenvalue weighted by molar-refractivity contribution is 8.14. The number of hydrogen-bond acceptors (Lipinski definition) is 12. The molecule has 1 spiro atoms. The van der Waals surface area contributed by atoms with Crippen LogP contribution < -0.4 is 0 Å². The van der Waals surface area contributed by atoms with E-state index in [4.69, 9.17) is 9.16 Å². The first-order valence-electron chi connectivity index (χ1n) is 20.9. The Morgan fingerprint density at radius 3 is 2.37 bits per heavy atom. The fourth-order valence-corrected chi connectivity index (χ4v) is 12.8. The van der Waals surface area contributed by atoms with Gasteiger partial charge in [-0.2, -0.15) is 0 Å². The normalized spacial score (nSPS) is 18.0. The quantitative estimate of drug-likeness (QED) is 0.0776. The SMILES string of the molecule is CC(C)(C)[Si](C)(C)O[C@@H](CCCc1ccc2c(c1)nnn2CCCN1CCC2(CC1)CC(OC(=O)C(O)(c1cccs1)c1cccs1)C2)c1ccc(O)c2c1SC(=O)C2. The van der Waals surface area contributed by atoms with Gasteiger partial charge in [-0.3, -0.25) is 4.79 Å². The third-order valence-corrected chi connectivity index (χ3v) is 20.8. The van der Waals surface area contributed by atoms with Crippen molar-refractivity contribution in [3.63, 3.8) is 0 Å². The van der Waals surface area contributed by atoms with Gasteiger partial charge in [0.1, 0.15) is 17.4 Å². The molecule has 0 amide bonds. The van der Waals surface area contributed by atoms with Crippen molar-refractivity contribution in [3.8, 4) is 5.75 Å². The molecule has 10 nitrogen and oxygen atoms in total. The predicted molar refractivity (Wildman–Crippen MR) is 238 cm³/mol. The molecule has 3 aliphatic rings. The summed E-state index contributed by atoms with van der Waals surface area (Å²) >= 11 is 3.98. The Morgan fingerprint density at radius 2 is 1.71 bits per heavy atom. The third kappa shape index (κ3) is 8.73. The first kappa shape index (κ1) is 42.3. The fraction of sp³-hybridized carbons (Fsp3) is 0.511. The Morgan fingerprint density at radius 1 is 1.00 bits per heavy atom. The smallest absolute Gasteiger partial charge is 0.349 e. The number of ether oxygens (including phenoxy) is 1. The number of rotatable bonds is 15. The number of piperidine rings is 1. The van der Waals surface area contributed by atoms with Crippen LogP contribution in [0.25, 0.3) is 11.0 Å². The van der Waals surface area contributed by atoms with Crippen molar-refractivity contribution in [3.05, 3.63) is 91.8 Å². The van der Waals surface area contributed by atoms with E-state index in [1.807, 2.05) is 33.6 Å². The van der Waals surface area contributed by atoms with Crippen molar-refractivity contribution in [2.24, 2.45) is 5.41 Å². The van der Waals surface area contributed by atoms with Gasteiger partial charge in [-0.15, -0.1) is 27.8 Å². The summed E-state index contributed by atoms with van der Waals surface area (Å²) in [6.07, 6.45) is 7.43. The van der Waals surface area contributed by atoms with Crippen molar-refractivity contribution in [1.82, 2.24) is 19.9 Å². The molecule has 5 aromatic rings. The Hall–Kier alpha value is -3.37. The molecule has 1 saturated carbocycles. The van der Waals surface area contributed by atoms with E-state index < -0.39 is 19.9 Å². The Bertz CT molecular complexity index is 2240. The van der Waals surface area contributed by atoms with Crippen molar-refractivity contribution in [2.45, 2.75) is 126 Å². The lowest BCUT2D eigenvalue weighted by molar-refractivity contribution is -0.181. The molecular weight excluding hydrogens is 817 g/mol. The molecule has 0 unspecified atom stereocenters. The van der Waals surface area contributed by atoms with E-state index >= 15 is 0 Å². The highest BCUT2D eigenvalue weighted by Gasteiger charge is 2.51. The van der Waals surface area contributed by atoms with Gasteiger partial charge in [0.05, 0.1) is 21.4 Å². The molecule has 2 N–H and O–H groups in total. The molecule has 1 aliphatic carbocycles. The van der Waals surface area contributed by atoms with Gasteiger partial charge in [0.25, 0.3) is 0 Å². The number of carbonyl (C=O) groups excluding carboxylic acids is 2. The van der Waals surface area contributed by atoms with E-state index in [1.165, 1.54) is 40.0 Å². The van der Waals surface area contributed by atoms with Gasteiger partial charge in [0.2, 0.25) is 5.60 Å². The van der Waals surface area contributed by atoms with Crippen LogP contribution in [0.3, 0.4) is 0 Å². The lowest BCUT2D eigenvalue weighted by Gasteiger charge is -2.51. The lowest BCUT2D eigenvalue weighted by atomic mass is 9.61. The second kappa shape index (κ2) is 16.8. The van der Waals surface area contributed by atoms with Crippen LogP contribution in [0.1, 0.15) is 98.3 Å². The molecule has 2 fully saturated rings. The minimum Gasteiger partial charge on any atom is -0.508 e. The largest absolute Gasteiger partial charge is 0.508 e. The number of aliphatic hydroxyl groups is 1. The van der Waals surface area contributed by atoms with Crippen molar-refractivity contribution in [1.29, 1.82) is 0 Å². The number of esters is 1. The molecular formula is C45H56N4O6S3Si. The standard InChI is InChI=1S/C45H56N4O6S3Si/c1-43(2,3)59(4,5)55-37(32-15-17-36(50)33-27-40(51)58-41(32)33)11-6-10-30-14-16-35-34(26-30)46-47-49(35)21-9-20-48-22-18-44(19-23-48)28-31(29-44)54-42(52)45(53,38-12-7-24-56-38)39-13-8-25-57-39/h7-8,12-17,24-26,31,37,50,53H,6,9-11,18-23,27-29H2,1-5H3/t37-/m0/s1. The number of likely N-dealkylation sites (tertiary alicyclic amines) is 1. The molecule has 59 heavy (non-hydrogen) atoms. The van der Waals surface area contributed by atoms with Crippen LogP contribution in [0, 0.1) is 5.41 Å². The van der Waals surface area contributed by atoms with Gasteiger partial charge >= 0.3 is 5.97 Å². The number of aromatic nitrogens is 3. The number of carbonyl (C=O) groups is 2. The van der Waals surface area contributed by atoms with E-state index in [-0.39, 0.29) is 39.9 Å². The molecule has 1 atom stereocenters. The van der Waals surface area contributed by atoms with Crippen LogP contribution >= 0.6 is 34.4 Å². The summed E-state index contributed by atoms with van der Waals surface area (Å²) in [6.45, 7) is 15.1. The number of benzene rings is 2. The maximum atomic E-state index is 13.4. The lowest BCUT2D eigenvalue weighted by Crippen LogP contribution is -2.52. The van der Waals surface area contributed by atoms with Crippen molar-refractivity contribution in [2.75, 3.05) is 19.6 Å². The molecule has 14 heteroatoms. The van der Waals surface area contributed by atoms with Crippen LogP contribution in [0.4, 0.5) is 0 Å². The topological polar surface area (TPSA) is 127 Å². The van der Waals surface area contributed by atoms with Crippen molar-refractivity contribution < 1.29 is 29.0 Å². The molecule has 5 heterocycles. The number of hydrogen-bond donors (Lipinski definition) is 2. The van der Waals surface area contributed by atoms with E-state index in [0.717, 1.165) is 105 Å². The van der Waals surface area contributed by atoms with E-state index in [2.05, 4.69) is 67.3 Å². The molecule has 0 radical (unpaired) electrons. The zero-order chi connectivity index (χ0) is 41.6. The number of thiophene rings is 2. The van der Waals surface area contributed by atoms with Gasteiger partial charge in [-0.05, 0) is 147 Å². The summed E-state index contributed by atoms with van der Waals surface area (Å²) in [5.41, 5.74) is 3.39. The molecule has 3 aromatic heterocycles. The minimum absolute atomic E-state index is 0.0352. The van der Waals surface area contributed by atoms with Crippen molar-refractivity contribution >= 4 is 64.9 Å². The van der Waals surface area contributed by atoms with Gasteiger partial charge in [-0.25, -0.2) is 9.48 Å². The number of aryl methyl sites for hydroxylation is 2. The summed E-state index contributed by atoms with van der Waals surface area (Å²) < 4.78 is 15.0. The van der Waals surface area contributed by atoms with Crippen LogP contribution in [-0.4, -0.2) is 75.2 Å². The number of aromatic hydroxyl groups is 1. The number of phenolic OH excluding ortho intramolecular Hbond substituents is 1. The molecule has 0 bridgehead atoms. The fourth-order valence-electron chi connectivity index (χ4n) is 8.74.